The molecule has 0 aliphatic rings. The van der Waals surface area contributed by atoms with Crippen LogP contribution in [0.1, 0.15) is 15.9 Å². The molecular formula is C22H19N3O5S. The summed E-state index contributed by atoms with van der Waals surface area (Å²) in [7, 11) is -1.14. The summed E-state index contributed by atoms with van der Waals surface area (Å²) >= 11 is 0. The molecule has 0 saturated carbocycles. The summed E-state index contributed by atoms with van der Waals surface area (Å²) in [6.45, 7) is 0. The van der Waals surface area contributed by atoms with Gasteiger partial charge in [-0.05, 0) is 48.5 Å². The van der Waals surface area contributed by atoms with Crippen molar-refractivity contribution in [1.82, 2.24) is 0 Å². The number of sulfonamides is 1. The van der Waals surface area contributed by atoms with Gasteiger partial charge in [-0.2, -0.15) is 5.26 Å². The first-order chi connectivity index (χ1) is 14.9. The molecule has 0 aliphatic carbocycles. The number of carbonyl (C=O) groups excluding carboxylic acids is 1. The van der Waals surface area contributed by atoms with E-state index in [0.717, 1.165) is 0 Å². The van der Waals surface area contributed by atoms with Gasteiger partial charge in [0, 0.05) is 5.56 Å². The first kappa shape index (κ1) is 21.7. The van der Waals surface area contributed by atoms with Crippen LogP contribution in [-0.2, 0) is 10.0 Å². The average molecular weight is 437 g/mol. The standard InChI is InChI=1S/C22H19N3O5S/c1-29-20-9-4-3-8-18(20)25-31(27,28)17-10-11-21(30-2)19(13-17)24-22(26)16-7-5-6-15(12-16)14-23/h3-13,25H,1-2H3,(H,24,26). The number of ether oxygens (including phenoxy) is 2. The minimum atomic E-state index is -3.98. The summed E-state index contributed by atoms with van der Waals surface area (Å²) in [5, 5.41) is 11.7. The Morgan fingerprint density at radius 1 is 0.903 bits per heavy atom. The molecule has 0 fully saturated rings. The molecule has 0 atom stereocenters. The van der Waals surface area contributed by atoms with Gasteiger partial charge in [0.25, 0.3) is 15.9 Å². The van der Waals surface area contributed by atoms with Crippen LogP contribution >= 0.6 is 0 Å². The fraction of sp³-hybridized carbons (Fsp3) is 0.0909. The third-order valence-electron chi connectivity index (χ3n) is 4.33. The van der Waals surface area contributed by atoms with Gasteiger partial charge >= 0.3 is 0 Å². The molecule has 1 amide bonds. The maximum Gasteiger partial charge on any atom is 0.262 e. The van der Waals surface area contributed by atoms with Crippen LogP contribution in [0.15, 0.2) is 71.6 Å². The molecule has 2 N–H and O–H groups in total. The zero-order chi connectivity index (χ0) is 22.4. The molecule has 0 spiro atoms. The number of nitrogens with one attached hydrogen (secondary N) is 2. The predicted octanol–water partition coefficient (Wildman–Crippen LogP) is 3.63. The number of benzene rings is 3. The predicted molar refractivity (Wildman–Crippen MR) is 116 cm³/mol. The number of hydrogen-bond donors (Lipinski definition) is 2. The van der Waals surface area contributed by atoms with Crippen LogP contribution < -0.4 is 19.5 Å². The lowest BCUT2D eigenvalue weighted by atomic mass is 10.1. The lowest BCUT2D eigenvalue weighted by molar-refractivity contribution is 0.102. The molecule has 3 aromatic rings. The van der Waals surface area contributed by atoms with Crippen LogP contribution in [0, 0.1) is 11.3 Å². The van der Waals surface area contributed by atoms with Crippen LogP contribution in [0.2, 0.25) is 0 Å². The van der Waals surface area contributed by atoms with E-state index < -0.39 is 15.9 Å². The lowest BCUT2D eigenvalue weighted by Gasteiger charge is -2.14. The zero-order valence-electron chi connectivity index (χ0n) is 16.7. The second kappa shape index (κ2) is 9.19. The third kappa shape index (κ3) is 4.94. The first-order valence-electron chi connectivity index (χ1n) is 9.03. The second-order valence-corrected chi connectivity index (χ2v) is 8.00. The maximum absolute atomic E-state index is 12.9. The van der Waals surface area contributed by atoms with Crippen LogP contribution in [0.3, 0.4) is 0 Å². The quantitative estimate of drug-likeness (QED) is 0.583. The maximum atomic E-state index is 12.9. The Labute approximate surface area is 180 Å². The molecule has 0 unspecified atom stereocenters. The van der Waals surface area contributed by atoms with Crippen molar-refractivity contribution < 1.29 is 22.7 Å². The number of nitrogens with zero attached hydrogens (tertiary/aromatic N) is 1. The Kier molecular flexibility index (Phi) is 6.43. The highest BCUT2D eigenvalue weighted by molar-refractivity contribution is 7.92. The molecule has 31 heavy (non-hydrogen) atoms. The first-order valence-corrected chi connectivity index (χ1v) is 10.5. The van der Waals surface area contributed by atoms with Crippen molar-refractivity contribution in [3.63, 3.8) is 0 Å². The normalized spacial score (nSPS) is 10.6. The van der Waals surface area contributed by atoms with Gasteiger partial charge in [-0.1, -0.05) is 18.2 Å². The molecule has 3 aromatic carbocycles. The topological polar surface area (TPSA) is 118 Å². The van der Waals surface area contributed by atoms with Gasteiger partial charge in [0.05, 0.1) is 42.1 Å². The molecule has 9 heteroatoms. The van der Waals surface area contributed by atoms with Gasteiger partial charge in [0.15, 0.2) is 0 Å². The Morgan fingerprint density at radius 3 is 2.32 bits per heavy atom. The number of hydrogen-bond acceptors (Lipinski definition) is 6. The number of carbonyl (C=O) groups is 1. The summed E-state index contributed by atoms with van der Waals surface area (Å²) in [4.78, 5) is 12.5. The van der Waals surface area contributed by atoms with Crippen molar-refractivity contribution in [3.05, 3.63) is 77.9 Å². The van der Waals surface area contributed by atoms with Gasteiger partial charge in [-0.3, -0.25) is 9.52 Å². The number of rotatable bonds is 7. The van der Waals surface area contributed by atoms with Gasteiger partial charge in [0.1, 0.15) is 11.5 Å². The molecule has 0 bridgehead atoms. The van der Waals surface area contributed by atoms with E-state index in [1.807, 2.05) is 6.07 Å². The number of amides is 1. The van der Waals surface area contributed by atoms with Crippen molar-refractivity contribution >= 4 is 27.3 Å². The van der Waals surface area contributed by atoms with Gasteiger partial charge < -0.3 is 14.8 Å². The third-order valence-corrected chi connectivity index (χ3v) is 5.70. The van der Waals surface area contributed by atoms with Gasteiger partial charge in [0.2, 0.25) is 0 Å². The molecule has 0 saturated heterocycles. The summed E-state index contributed by atoms with van der Waals surface area (Å²) < 4.78 is 38.7. The van der Waals surface area contributed by atoms with E-state index in [4.69, 9.17) is 14.7 Å². The van der Waals surface area contributed by atoms with Gasteiger partial charge in [-0.15, -0.1) is 0 Å². The van der Waals surface area contributed by atoms with Crippen LogP contribution in [0.25, 0.3) is 0 Å². The molecule has 3 rings (SSSR count). The lowest BCUT2D eigenvalue weighted by Crippen LogP contribution is -2.16. The SMILES string of the molecule is COc1ccc(S(=O)(=O)Nc2ccccc2OC)cc1NC(=O)c1cccc(C#N)c1. The molecule has 0 aromatic heterocycles. The Balaban J connectivity index is 1.92. The molecule has 0 aliphatic heterocycles. The van der Waals surface area contributed by atoms with Crippen molar-refractivity contribution in [2.24, 2.45) is 0 Å². The highest BCUT2D eigenvalue weighted by Crippen LogP contribution is 2.31. The van der Waals surface area contributed by atoms with E-state index in [-0.39, 0.29) is 27.6 Å². The van der Waals surface area contributed by atoms with Crippen molar-refractivity contribution in [2.45, 2.75) is 4.90 Å². The summed E-state index contributed by atoms with van der Waals surface area (Å²) in [5.41, 5.74) is 1.02. The van der Waals surface area contributed by atoms with Crippen LogP contribution in [-0.4, -0.2) is 28.5 Å². The van der Waals surface area contributed by atoms with Crippen molar-refractivity contribution in [1.29, 1.82) is 5.26 Å². The minimum Gasteiger partial charge on any atom is -0.495 e. The average Bonchev–Trinajstić information content (AvgIpc) is 2.79. The zero-order valence-corrected chi connectivity index (χ0v) is 17.6. The second-order valence-electron chi connectivity index (χ2n) is 6.31. The highest BCUT2D eigenvalue weighted by Gasteiger charge is 2.20. The van der Waals surface area contributed by atoms with E-state index in [2.05, 4.69) is 10.0 Å². The smallest absolute Gasteiger partial charge is 0.262 e. The van der Waals surface area contributed by atoms with E-state index in [0.29, 0.717) is 11.3 Å². The van der Waals surface area contributed by atoms with Crippen molar-refractivity contribution in [3.8, 4) is 17.6 Å². The molecule has 8 nitrogen and oxygen atoms in total. The van der Waals surface area contributed by atoms with E-state index in [1.165, 1.54) is 38.5 Å². The monoisotopic (exact) mass is 437 g/mol. The Bertz CT molecular complexity index is 1270. The van der Waals surface area contributed by atoms with Crippen molar-refractivity contribution in [2.75, 3.05) is 24.3 Å². The van der Waals surface area contributed by atoms with Crippen LogP contribution in [0.4, 0.5) is 11.4 Å². The number of methoxy groups -OCH3 is 2. The fourth-order valence-electron chi connectivity index (χ4n) is 2.81. The minimum absolute atomic E-state index is 0.0831. The van der Waals surface area contributed by atoms with E-state index in [1.54, 1.807) is 42.5 Å². The summed E-state index contributed by atoms with van der Waals surface area (Å²) in [5.74, 6) is 0.133. The van der Waals surface area contributed by atoms with Gasteiger partial charge in [-0.25, -0.2) is 8.42 Å². The largest absolute Gasteiger partial charge is 0.495 e. The Morgan fingerprint density at radius 2 is 1.61 bits per heavy atom. The molecule has 158 valence electrons. The number of nitriles is 1. The highest BCUT2D eigenvalue weighted by atomic mass is 32.2. The van der Waals surface area contributed by atoms with E-state index >= 15 is 0 Å². The molecule has 0 heterocycles. The molecular weight excluding hydrogens is 418 g/mol. The summed E-state index contributed by atoms with van der Waals surface area (Å²) in [6, 6.07) is 18.8. The van der Waals surface area contributed by atoms with Crippen LogP contribution in [0.5, 0.6) is 11.5 Å². The summed E-state index contributed by atoms with van der Waals surface area (Å²) in [6.07, 6.45) is 0. The number of anilines is 2. The fourth-order valence-corrected chi connectivity index (χ4v) is 3.91. The Hall–Kier alpha value is -4.03. The molecule has 0 radical (unpaired) electrons. The number of para-hydroxylation sites is 2. The van der Waals surface area contributed by atoms with E-state index in [9.17, 15) is 13.2 Å².